The third-order valence-electron chi connectivity index (χ3n) is 5.49. The van der Waals surface area contributed by atoms with Gasteiger partial charge in [-0.1, -0.05) is 41.9 Å². The van der Waals surface area contributed by atoms with Gasteiger partial charge in [0.25, 0.3) is 0 Å². The molecule has 0 saturated carbocycles. The second-order valence-electron chi connectivity index (χ2n) is 8.52. The van der Waals surface area contributed by atoms with Crippen LogP contribution in [-0.4, -0.2) is 18.4 Å². The fourth-order valence-corrected chi connectivity index (χ4v) is 4.42. The highest BCUT2D eigenvalue weighted by molar-refractivity contribution is 9.10. The Kier molecular flexibility index (Phi) is 5.56. The van der Waals surface area contributed by atoms with Crippen molar-refractivity contribution in [1.29, 1.82) is 0 Å². The van der Waals surface area contributed by atoms with E-state index in [2.05, 4.69) is 15.9 Å². The number of ketones is 1. The Morgan fingerprint density at radius 2 is 1.90 bits per heavy atom. The lowest BCUT2D eigenvalue weighted by Crippen LogP contribution is -2.35. The maximum atomic E-state index is 13.2. The first-order valence-corrected chi connectivity index (χ1v) is 11.0. The van der Waals surface area contributed by atoms with E-state index in [0.29, 0.717) is 35.7 Å². The topological polar surface area (TPSA) is 91.8 Å². The van der Waals surface area contributed by atoms with E-state index >= 15 is 0 Å². The normalized spacial score (nSPS) is 20.4. The molecule has 2 aliphatic rings. The third kappa shape index (κ3) is 4.06. The summed E-state index contributed by atoms with van der Waals surface area (Å²) < 4.78 is 18.1. The Hall–Kier alpha value is -2.80. The van der Waals surface area contributed by atoms with Crippen molar-refractivity contribution in [2.45, 2.75) is 39.5 Å². The molecule has 1 aliphatic heterocycles. The number of furan rings is 1. The number of esters is 1. The molecule has 0 saturated heterocycles. The summed E-state index contributed by atoms with van der Waals surface area (Å²) in [5.74, 6) is 0.0699. The molecule has 0 unspecified atom stereocenters. The number of hydrogen-bond donors (Lipinski definition) is 1. The first-order chi connectivity index (χ1) is 14.7. The van der Waals surface area contributed by atoms with Crippen molar-refractivity contribution in [2.75, 3.05) is 6.61 Å². The molecule has 1 atom stereocenters. The van der Waals surface area contributed by atoms with Crippen LogP contribution >= 0.6 is 15.9 Å². The summed E-state index contributed by atoms with van der Waals surface area (Å²) in [6, 6.07) is 11.3. The fourth-order valence-electron chi connectivity index (χ4n) is 4.15. The molecule has 4 rings (SSSR count). The molecule has 1 aliphatic carbocycles. The molecule has 1 aromatic heterocycles. The van der Waals surface area contributed by atoms with Crippen LogP contribution in [0.4, 0.5) is 0 Å². The minimum absolute atomic E-state index is 0.0470. The van der Waals surface area contributed by atoms with Crippen LogP contribution in [0, 0.1) is 5.41 Å². The summed E-state index contributed by atoms with van der Waals surface area (Å²) in [6.07, 6.45) is 0.892. The van der Waals surface area contributed by atoms with Gasteiger partial charge in [-0.05, 0) is 36.6 Å². The van der Waals surface area contributed by atoms with E-state index in [9.17, 15) is 9.59 Å². The number of ether oxygens (including phenoxy) is 2. The van der Waals surface area contributed by atoms with Crippen molar-refractivity contribution in [3.63, 3.8) is 0 Å². The number of carbonyl (C=O) groups is 2. The lowest BCUT2D eigenvalue weighted by atomic mass is 9.71. The van der Waals surface area contributed by atoms with Gasteiger partial charge < -0.3 is 19.6 Å². The maximum Gasteiger partial charge on any atom is 0.340 e. The van der Waals surface area contributed by atoms with Crippen LogP contribution in [0.2, 0.25) is 0 Å². The number of allylic oxidation sites excluding steroid dienone is 2. The van der Waals surface area contributed by atoms with Gasteiger partial charge in [0.15, 0.2) is 5.78 Å². The van der Waals surface area contributed by atoms with Crippen LogP contribution < -0.4 is 5.73 Å². The number of nitrogens with two attached hydrogens (primary N) is 1. The zero-order valence-corrected chi connectivity index (χ0v) is 19.2. The van der Waals surface area contributed by atoms with Crippen molar-refractivity contribution in [3.05, 3.63) is 69.4 Å². The van der Waals surface area contributed by atoms with Crippen molar-refractivity contribution in [1.82, 2.24) is 0 Å². The molecule has 31 heavy (non-hydrogen) atoms. The van der Waals surface area contributed by atoms with Gasteiger partial charge in [-0.2, -0.15) is 0 Å². The van der Waals surface area contributed by atoms with Crippen molar-refractivity contribution in [2.24, 2.45) is 11.1 Å². The highest BCUT2D eigenvalue weighted by Gasteiger charge is 2.46. The van der Waals surface area contributed by atoms with E-state index in [1.54, 1.807) is 13.0 Å². The van der Waals surface area contributed by atoms with E-state index in [4.69, 9.17) is 19.6 Å². The maximum absolute atomic E-state index is 13.2. The molecule has 0 spiro atoms. The summed E-state index contributed by atoms with van der Waals surface area (Å²) in [5, 5.41) is 0. The van der Waals surface area contributed by atoms with E-state index in [1.807, 2.05) is 44.2 Å². The molecule has 2 heterocycles. The van der Waals surface area contributed by atoms with Gasteiger partial charge in [-0.25, -0.2) is 4.79 Å². The van der Waals surface area contributed by atoms with E-state index in [1.165, 1.54) is 0 Å². The second-order valence-corrected chi connectivity index (χ2v) is 9.44. The summed E-state index contributed by atoms with van der Waals surface area (Å²) in [7, 11) is 0. The van der Waals surface area contributed by atoms with Gasteiger partial charge in [0.2, 0.25) is 5.88 Å². The number of halogens is 1. The molecular weight excluding hydrogens is 462 g/mol. The molecule has 0 amide bonds. The molecule has 6 nitrogen and oxygen atoms in total. The van der Waals surface area contributed by atoms with Crippen LogP contribution in [0.25, 0.3) is 11.3 Å². The van der Waals surface area contributed by atoms with Gasteiger partial charge in [0, 0.05) is 28.5 Å². The van der Waals surface area contributed by atoms with Gasteiger partial charge >= 0.3 is 5.97 Å². The Morgan fingerprint density at radius 3 is 2.58 bits per heavy atom. The third-order valence-corrected chi connectivity index (χ3v) is 6.02. The number of benzene rings is 1. The monoisotopic (exact) mass is 485 g/mol. The molecule has 2 aromatic rings. The van der Waals surface area contributed by atoms with Crippen LogP contribution in [-0.2, 0) is 19.1 Å². The van der Waals surface area contributed by atoms with Gasteiger partial charge in [-0.15, -0.1) is 0 Å². The molecule has 2 N–H and O–H groups in total. The van der Waals surface area contributed by atoms with Crippen molar-refractivity contribution < 1.29 is 23.5 Å². The van der Waals surface area contributed by atoms with Crippen molar-refractivity contribution >= 4 is 27.7 Å². The first kappa shape index (κ1) is 21.4. The summed E-state index contributed by atoms with van der Waals surface area (Å²) in [6.45, 7) is 5.90. The lowest BCUT2D eigenvalue weighted by molar-refractivity contribution is -0.139. The molecule has 0 radical (unpaired) electrons. The molecule has 1 aromatic carbocycles. The summed E-state index contributed by atoms with van der Waals surface area (Å²) in [5.41, 5.74) is 7.32. The van der Waals surface area contributed by atoms with Crippen LogP contribution in [0.1, 0.15) is 45.3 Å². The van der Waals surface area contributed by atoms with E-state index in [-0.39, 0.29) is 29.3 Å². The van der Waals surface area contributed by atoms with E-state index < -0.39 is 11.9 Å². The Balaban J connectivity index is 1.83. The lowest BCUT2D eigenvalue weighted by Gasteiger charge is -2.37. The zero-order chi connectivity index (χ0) is 22.3. The Labute approximate surface area is 189 Å². The smallest absolute Gasteiger partial charge is 0.340 e. The summed E-state index contributed by atoms with van der Waals surface area (Å²) in [4.78, 5) is 26.0. The molecular formula is C24H24BrNO5. The zero-order valence-electron chi connectivity index (χ0n) is 17.7. The van der Waals surface area contributed by atoms with Crippen molar-refractivity contribution in [3.8, 4) is 11.3 Å². The minimum Gasteiger partial charge on any atom is -0.462 e. The van der Waals surface area contributed by atoms with Crippen LogP contribution in [0.5, 0.6) is 0 Å². The van der Waals surface area contributed by atoms with Crippen LogP contribution in [0.3, 0.4) is 0 Å². The predicted octanol–water partition coefficient (Wildman–Crippen LogP) is 5.20. The number of hydrogen-bond acceptors (Lipinski definition) is 6. The Morgan fingerprint density at radius 1 is 1.19 bits per heavy atom. The SMILES string of the molecule is CCOC(=O)C1=C(N)OC2=C(C(=O)CC(C)(C)C2)[C@H]1c1ccc(-c2ccc(Br)cc2)o1. The predicted molar refractivity (Wildman–Crippen MR) is 119 cm³/mol. The average Bonchev–Trinajstić information content (AvgIpc) is 3.16. The van der Waals surface area contributed by atoms with Gasteiger partial charge in [0.1, 0.15) is 22.9 Å². The number of carbonyl (C=O) groups excluding carboxylic acids is 2. The first-order valence-electron chi connectivity index (χ1n) is 10.2. The van der Waals surface area contributed by atoms with Crippen LogP contribution in [0.15, 0.2) is 68.1 Å². The largest absolute Gasteiger partial charge is 0.462 e. The quantitative estimate of drug-likeness (QED) is 0.598. The molecule has 7 heteroatoms. The van der Waals surface area contributed by atoms with Gasteiger partial charge in [-0.3, -0.25) is 4.79 Å². The molecule has 0 fully saturated rings. The highest BCUT2D eigenvalue weighted by Crippen LogP contribution is 2.49. The Bertz CT molecular complexity index is 1110. The fraction of sp³-hybridized carbons (Fsp3) is 0.333. The minimum atomic E-state index is -0.768. The number of Topliss-reactive ketones (excluding diaryl/α,β-unsaturated/α-hetero) is 1. The number of rotatable bonds is 4. The molecule has 0 bridgehead atoms. The van der Waals surface area contributed by atoms with Gasteiger partial charge in [0.05, 0.1) is 12.5 Å². The van der Waals surface area contributed by atoms with E-state index in [0.717, 1.165) is 10.0 Å². The molecule has 162 valence electrons. The highest BCUT2D eigenvalue weighted by atomic mass is 79.9. The standard InChI is InChI=1S/C24H24BrNO5/c1-4-29-23(28)21-20(17-10-9-16(30-17)13-5-7-14(25)8-6-13)19-15(27)11-24(2,3)12-18(19)31-22(21)26/h5-10,20H,4,11-12,26H2,1-3H3/t20-/m1/s1. The summed E-state index contributed by atoms with van der Waals surface area (Å²) >= 11 is 3.43. The second kappa shape index (κ2) is 8.04. The average molecular weight is 486 g/mol.